The molecule has 0 aliphatic carbocycles. The summed E-state index contributed by atoms with van der Waals surface area (Å²) in [7, 11) is 0. The minimum absolute atomic E-state index is 0.0890. The van der Waals surface area contributed by atoms with Gasteiger partial charge in [-0.15, -0.1) is 0 Å². The van der Waals surface area contributed by atoms with Gasteiger partial charge in [-0.2, -0.15) is 0 Å². The van der Waals surface area contributed by atoms with Gasteiger partial charge in [-0.25, -0.2) is 0 Å². The van der Waals surface area contributed by atoms with E-state index in [1.807, 2.05) is 0 Å². The summed E-state index contributed by atoms with van der Waals surface area (Å²) < 4.78 is 19.4. The molecule has 0 amide bonds. The molecule has 0 aromatic rings. The van der Waals surface area contributed by atoms with Gasteiger partial charge in [0.25, 0.3) is 0 Å². The third-order valence-electron chi connectivity index (χ3n) is 11.7. The Kier molecular flexibility index (Phi) is 35.0. The molecule has 1 aliphatic heterocycles. The van der Waals surface area contributed by atoms with E-state index in [0.29, 0.717) is 32.4 Å². The number of aliphatic hydroxyl groups is 1. The van der Waals surface area contributed by atoms with E-state index < -0.39 is 5.79 Å². The number of carbonyl (C=O) groups is 2. The molecule has 1 aliphatic rings. The fourth-order valence-corrected chi connectivity index (χ4v) is 8.07. The summed E-state index contributed by atoms with van der Waals surface area (Å²) in [6.45, 7) is 9.99. The lowest BCUT2D eigenvalue weighted by molar-refractivity contribution is -0.259. The molecule has 1 saturated heterocycles. The highest BCUT2D eigenvalue weighted by Crippen LogP contribution is 2.34. The largest absolute Gasteiger partial charge is 0.465 e. The second-order valence-corrected chi connectivity index (χ2v) is 17.2. The van der Waals surface area contributed by atoms with Crippen molar-refractivity contribution >= 4 is 11.9 Å². The molecule has 2 N–H and O–H groups in total. The summed E-state index contributed by atoms with van der Waals surface area (Å²) >= 11 is 0. The number of β-amino-alcohol motifs (C(OH)–C–C–N with tert-alkyl or cyclic N) is 1. The molecule has 1 heterocycles. The molecule has 0 aromatic heterocycles. The number of aliphatic hydroxyl groups excluding tert-OH is 1. The van der Waals surface area contributed by atoms with Gasteiger partial charge in [0.05, 0.1) is 18.8 Å². The van der Waals surface area contributed by atoms with Crippen LogP contribution in [0.4, 0.5) is 0 Å². The minimum Gasteiger partial charge on any atom is -0.465 e. The predicted molar refractivity (Wildman–Crippen MR) is 231 cm³/mol. The van der Waals surface area contributed by atoms with E-state index in [1.54, 1.807) is 0 Å². The number of ether oxygens (including phenoxy) is 3. The number of esters is 2. The Balaban J connectivity index is 2.86. The molecule has 326 valence electrons. The van der Waals surface area contributed by atoms with Gasteiger partial charge >= 0.3 is 11.9 Å². The van der Waals surface area contributed by atoms with Gasteiger partial charge in [-0.1, -0.05) is 188 Å². The highest BCUT2D eigenvalue weighted by Gasteiger charge is 2.37. The molecule has 55 heavy (non-hydrogen) atoms. The third kappa shape index (κ3) is 29.7. The van der Waals surface area contributed by atoms with Crippen LogP contribution in [-0.2, 0) is 23.8 Å². The zero-order valence-electron chi connectivity index (χ0n) is 37.1. The number of carbonyl (C=O) groups excluding carboxylic acids is 2. The standard InChI is InChI=1S/C48H93NO6/c1-5-9-13-17-22-28-34-44(35-29-23-18-14-10-6-2)54-48(39-31-25-19-15-11-7-3,40-32-26-20-16-12-8-4)55-46(51)36-30-24-21-27-33-41-53-47(52)45-38-37-43(50)42-49-45/h43-45,49-50H,5-42H2,1-4H3/t43-,45-/m0/s1. The van der Waals surface area contributed by atoms with Crippen LogP contribution in [0.2, 0.25) is 0 Å². The van der Waals surface area contributed by atoms with Crippen molar-refractivity contribution in [3.8, 4) is 0 Å². The highest BCUT2D eigenvalue weighted by molar-refractivity contribution is 5.75. The SMILES string of the molecule is CCCCCCCCC(CCCCCCCC)OC(CCCCCCCC)(CCCCCCCC)OC(=O)CCCCCCCOC(=O)[C@@H]1CC[C@H](O)CN1. The van der Waals surface area contributed by atoms with Gasteiger partial charge in [-0.05, 0) is 51.4 Å². The van der Waals surface area contributed by atoms with Crippen molar-refractivity contribution < 1.29 is 28.9 Å². The number of rotatable bonds is 40. The van der Waals surface area contributed by atoms with Crippen LogP contribution in [0.15, 0.2) is 0 Å². The van der Waals surface area contributed by atoms with Crippen molar-refractivity contribution in [3.63, 3.8) is 0 Å². The summed E-state index contributed by atoms with van der Waals surface area (Å²) in [4.78, 5) is 26.0. The molecular formula is C48H93NO6. The van der Waals surface area contributed by atoms with Crippen LogP contribution in [-0.4, -0.2) is 54.2 Å². The van der Waals surface area contributed by atoms with Crippen LogP contribution < -0.4 is 5.32 Å². The third-order valence-corrected chi connectivity index (χ3v) is 11.7. The maximum Gasteiger partial charge on any atom is 0.323 e. The summed E-state index contributed by atoms with van der Waals surface area (Å²) in [5, 5.41) is 12.7. The normalized spacial score (nSPS) is 16.2. The first kappa shape index (κ1) is 51.8. The maximum absolute atomic E-state index is 13.7. The van der Waals surface area contributed by atoms with Crippen LogP contribution in [0.1, 0.15) is 259 Å². The molecular weight excluding hydrogens is 687 g/mol. The first-order chi connectivity index (χ1) is 26.9. The Morgan fingerprint density at radius 2 is 1.02 bits per heavy atom. The predicted octanol–water partition coefficient (Wildman–Crippen LogP) is 13.6. The van der Waals surface area contributed by atoms with E-state index in [1.165, 1.54) is 141 Å². The van der Waals surface area contributed by atoms with E-state index in [9.17, 15) is 14.7 Å². The van der Waals surface area contributed by atoms with Crippen LogP contribution in [0, 0.1) is 0 Å². The van der Waals surface area contributed by atoms with E-state index >= 15 is 0 Å². The Morgan fingerprint density at radius 3 is 1.49 bits per heavy atom. The number of piperidine rings is 1. The molecule has 2 atom stereocenters. The van der Waals surface area contributed by atoms with E-state index in [2.05, 4.69) is 33.0 Å². The van der Waals surface area contributed by atoms with Crippen molar-refractivity contribution in [2.24, 2.45) is 0 Å². The number of hydrogen-bond acceptors (Lipinski definition) is 7. The van der Waals surface area contributed by atoms with Crippen molar-refractivity contribution in [2.75, 3.05) is 13.2 Å². The van der Waals surface area contributed by atoms with E-state index in [0.717, 1.165) is 70.6 Å². The highest BCUT2D eigenvalue weighted by atomic mass is 16.7. The second-order valence-electron chi connectivity index (χ2n) is 17.2. The smallest absolute Gasteiger partial charge is 0.323 e. The van der Waals surface area contributed by atoms with Gasteiger partial charge in [0, 0.05) is 25.8 Å². The lowest BCUT2D eigenvalue weighted by atomic mass is 9.97. The molecule has 7 nitrogen and oxygen atoms in total. The van der Waals surface area contributed by atoms with Gasteiger partial charge in [0.1, 0.15) is 6.04 Å². The van der Waals surface area contributed by atoms with Gasteiger partial charge in [0.2, 0.25) is 5.79 Å². The summed E-state index contributed by atoms with van der Waals surface area (Å²) in [5.41, 5.74) is 0. The second kappa shape index (κ2) is 37.1. The van der Waals surface area contributed by atoms with Gasteiger partial charge in [0.15, 0.2) is 0 Å². The van der Waals surface area contributed by atoms with Crippen molar-refractivity contribution in [2.45, 2.75) is 283 Å². The van der Waals surface area contributed by atoms with E-state index in [4.69, 9.17) is 14.2 Å². The van der Waals surface area contributed by atoms with Crippen LogP contribution in [0.25, 0.3) is 0 Å². The quantitative estimate of drug-likeness (QED) is 0.0363. The molecule has 0 bridgehead atoms. The van der Waals surface area contributed by atoms with E-state index in [-0.39, 0.29) is 30.2 Å². The fourth-order valence-electron chi connectivity index (χ4n) is 8.07. The van der Waals surface area contributed by atoms with Gasteiger partial charge in [-0.3, -0.25) is 9.59 Å². The van der Waals surface area contributed by atoms with Crippen molar-refractivity contribution in [1.29, 1.82) is 0 Å². The molecule has 0 unspecified atom stereocenters. The molecule has 0 aromatic carbocycles. The number of hydrogen-bond donors (Lipinski definition) is 2. The Morgan fingerprint density at radius 1 is 0.582 bits per heavy atom. The Labute approximate surface area is 341 Å². The summed E-state index contributed by atoms with van der Waals surface area (Å²) in [6.07, 6.45) is 39.9. The molecule has 1 fully saturated rings. The Bertz CT molecular complexity index is 827. The Hall–Kier alpha value is -1.18. The first-order valence-electron chi connectivity index (χ1n) is 24.4. The summed E-state index contributed by atoms with van der Waals surface area (Å²) in [6, 6.07) is -0.297. The average molecular weight is 780 g/mol. The molecule has 0 saturated carbocycles. The van der Waals surface area contributed by atoms with Gasteiger partial charge < -0.3 is 24.6 Å². The molecule has 0 radical (unpaired) electrons. The van der Waals surface area contributed by atoms with Crippen LogP contribution in [0.3, 0.4) is 0 Å². The lowest BCUT2D eigenvalue weighted by Gasteiger charge is -2.37. The molecule has 0 spiro atoms. The zero-order valence-corrected chi connectivity index (χ0v) is 37.1. The minimum atomic E-state index is -0.809. The zero-order chi connectivity index (χ0) is 40.1. The average Bonchev–Trinajstić information content (AvgIpc) is 3.18. The monoisotopic (exact) mass is 780 g/mol. The maximum atomic E-state index is 13.7. The van der Waals surface area contributed by atoms with Crippen LogP contribution in [0.5, 0.6) is 0 Å². The topological polar surface area (TPSA) is 94.1 Å². The number of unbranched alkanes of at least 4 members (excludes halogenated alkanes) is 24. The fraction of sp³-hybridized carbons (Fsp3) is 0.958. The first-order valence-corrected chi connectivity index (χ1v) is 24.4. The lowest BCUT2D eigenvalue weighted by Crippen LogP contribution is -2.46. The molecule has 1 rings (SSSR count). The number of nitrogens with one attached hydrogen (secondary N) is 1. The summed E-state index contributed by atoms with van der Waals surface area (Å²) in [5.74, 6) is -1.10. The van der Waals surface area contributed by atoms with Crippen molar-refractivity contribution in [3.05, 3.63) is 0 Å². The van der Waals surface area contributed by atoms with Crippen molar-refractivity contribution in [1.82, 2.24) is 5.32 Å². The van der Waals surface area contributed by atoms with Crippen LogP contribution >= 0.6 is 0 Å². The molecule has 7 heteroatoms.